The molecule has 0 spiro atoms. The van der Waals surface area contributed by atoms with Crippen LogP contribution >= 0.6 is 0 Å². The van der Waals surface area contributed by atoms with Crippen LogP contribution in [0, 0.1) is 0 Å². The Labute approximate surface area is 81.4 Å². The first-order valence-corrected chi connectivity index (χ1v) is 4.11. The summed E-state index contributed by atoms with van der Waals surface area (Å²) in [5, 5.41) is 11.3. The Bertz CT molecular complexity index is 338. The molecule has 0 amide bonds. The zero-order valence-electron chi connectivity index (χ0n) is 8.01. The van der Waals surface area contributed by atoms with Gasteiger partial charge in [0.1, 0.15) is 5.69 Å². The fourth-order valence-corrected chi connectivity index (χ4v) is 0.802. The predicted molar refractivity (Wildman–Crippen MR) is 50.3 cm³/mol. The summed E-state index contributed by atoms with van der Waals surface area (Å²) in [7, 11) is 0. The third kappa shape index (κ3) is 2.58. The third-order valence-corrected chi connectivity index (χ3v) is 1.34. The number of amidine groups is 1. The minimum absolute atomic E-state index is 0.0162. The van der Waals surface area contributed by atoms with E-state index >= 15 is 0 Å². The lowest BCUT2D eigenvalue weighted by Crippen LogP contribution is -2.16. The number of oxime groups is 1. The molecule has 0 aliphatic carbocycles. The van der Waals surface area contributed by atoms with Gasteiger partial charge in [-0.15, -0.1) is 0 Å². The number of nitrogens with zero attached hydrogens (tertiary/aromatic N) is 3. The van der Waals surface area contributed by atoms with Gasteiger partial charge in [0, 0.05) is 6.20 Å². The van der Waals surface area contributed by atoms with Crippen molar-refractivity contribution in [2.45, 2.75) is 20.0 Å². The molecule has 76 valence electrons. The average Bonchev–Trinajstić information content (AvgIpc) is 2.16. The van der Waals surface area contributed by atoms with E-state index in [2.05, 4.69) is 15.1 Å². The number of nitrogens with two attached hydrogens (primary N) is 1. The van der Waals surface area contributed by atoms with Gasteiger partial charge in [-0.05, 0) is 19.9 Å². The van der Waals surface area contributed by atoms with Crippen molar-refractivity contribution in [1.82, 2.24) is 9.97 Å². The van der Waals surface area contributed by atoms with Gasteiger partial charge in [0.05, 0.1) is 6.10 Å². The topological polar surface area (TPSA) is 93.6 Å². The lowest BCUT2D eigenvalue weighted by atomic mass is 10.4. The van der Waals surface area contributed by atoms with Crippen LogP contribution in [0.4, 0.5) is 0 Å². The van der Waals surface area contributed by atoms with E-state index in [1.165, 1.54) is 12.3 Å². The minimum atomic E-state index is -0.0685. The molecule has 0 saturated carbocycles. The molecule has 0 aliphatic rings. The molecule has 0 saturated heterocycles. The molecule has 1 rings (SSSR count). The van der Waals surface area contributed by atoms with Crippen LogP contribution in [0.1, 0.15) is 19.5 Å². The maximum absolute atomic E-state index is 8.42. The number of hydrogen-bond donors (Lipinski definition) is 2. The Morgan fingerprint density at radius 3 is 2.93 bits per heavy atom. The third-order valence-electron chi connectivity index (χ3n) is 1.34. The summed E-state index contributed by atoms with van der Waals surface area (Å²) in [6, 6.07) is 1.74. The summed E-state index contributed by atoms with van der Waals surface area (Å²) in [6.45, 7) is 3.72. The van der Waals surface area contributed by atoms with Crippen LogP contribution < -0.4 is 10.5 Å². The molecule has 1 aromatic rings. The molecule has 3 N–H and O–H groups in total. The van der Waals surface area contributed by atoms with Crippen LogP contribution in [-0.2, 0) is 0 Å². The molecule has 6 heteroatoms. The number of aromatic nitrogens is 2. The van der Waals surface area contributed by atoms with Crippen LogP contribution in [0.5, 0.6) is 6.01 Å². The molecule has 1 aromatic heterocycles. The first-order valence-electron chi connectivity index (χ1n) is 4.11. The Kier molecular flexibility index (Phi) is 3.22. The molecule has 0 unspecified atom stereocenters. The lowest BCUT2D eigenvalue weighted by molar-refractivity contribution is 0.222. The minimum Gasteiger partial charge on any atom is -0.461 e. The fraction of sp³-hybridized carbons (Fsp3) is 0.375. The van der Waals surface area contributed by atoms with E-state index in [1.807, 2.05) is 13.8 Å². The van der Waals surface area contributed by atoms with Crippen molar-refractivity contribution in [3.05, 3.63) is 18.0 Å². The molecule has 0 aliphatic heterocycles. The molecule has 6 nitrogen and oxygen atoms in total. The first-order chi connectivity index (χ1) is 6.63. The Morgan fingerprint density at radius 2 is 2.36 bits per heavy atom. The second kappa shape index (κ2) is 4.40. The quantitative estimate of drug-likeness (QED) is 0.315. The highest BCUT2D eigenvalue weighted by Gasteiger charge is 2.05. The van der Waals surface area contributed by atoms with Gasteiger partial charge in [-0.2, -0.15) is 4.98 Å². The standard InChI is InChI=1S/C8H12N4O2/c1-5(2)14-8-10-4-3-6(11-8)7(9)12-13/h3-5,13H,1-2H3,(H2,9,12). The van der Waals surface area contributed by atoms with Crippen LogP contribution in [-0.4, -0.2) is 27.1 Å². The van der Waals surface area contributed by atoms with Crippen LogP contribution in [0.2, 0.25) is 0 Å². The van der Waals surface area contributed by atoms with Crippen molar-refractivity contribution in [1.29, 1.82) is 0 Å². The van der Waals surface area contributed by atoms with Crippen molar-refractivity contribution in [2.24, 2.45) is 10.9 Å². The zero-order valence-corrected chi connectivity index (χ0v) is 8.01. The van der Waals surface area contributed by atoms with Gasteiger partial charge >= 0.3 is 6.01 Å². The number of hydrogen-bond acceptors (Lipinski definition) is 5. The predicted octanol–water partition coefficient (Wildman–Crippen LogP) is 0.358. The van der Waals surface area contributed by atoms with E-state index < -0.39 is 0 Å². The lowest BCUT2D eigenvalue weighted by Gasteiger charge is -2.07. The maximum Gasteiger partial charge on any atom is 0.317 e. The van der Waals surface area contributed by atoms with Gasteiger partial charge in [0.15, 0.2) is 5.84 Å². The molecule has 0 fully saturated rings. The average molecular weight is 196 g/mol. The van der Waals surface area contributed by atoms with E-state index in [0.29, 0.717) is 5.69 Å². The Balaban J connectivity index is 2.90. The van der Waals surface area contributed by atoms with Gasteiger partial charge in [0.2, 0.25) is 0 Å². The summed E-state index contributed by atoms with van der Waals surface area (Å²) < 4.78 is 5.24. The number of rotatable bonds is 3. The van der Waals surface area contributed by atoms with Crippen molar-refractivity contribution in [2.75, 3.05) is 0 Å². The fourth-order valence-electron chi connectivity index (χ4n) is 0.802. The summed E-state index contributed by atoms with van der Waals surface area (Å²) in [5.74, 6) is -0.0685. The maximum atomic E-state index is 8.42. The van der Waals surface area contributed by atoms with Gasteiger partial charge < -0.3 is 15.7 Å². The molecule has 0 atom stereocenters. The highest BCUT2D eigenvalue weighted by atomic mass is 16.5. The normalized spacial score (nSPS) is 11.8. The summed E-state index contributed by atoms with van der Waals surface area (Å²) >= 11 is 0. The van der Waals surface area contributed by atoms with E-state index in [4.69, 9.17) is 15.7 Å². The molecule has 0 aromatic carbocycles. The molecule has 1 heterocycles. The second-order valence-electron chi connectivity index (χ2n) is 2.88. The van der Waals surface area contributed by atoms with Crippen molar-refractivity contribution in [3.63, 3.8) is 0 Å². The summed E-state index contributed by atoms with van der Waals surface area (Å²) in [4.78, 5) is 7.81. The zero-order chi connectivity index (χ0) is 10.6. The van der Waals surface area contributed by atoms with Gasteiger partial charge in [-0.3, -0.25) is 0 Å². The van der Waals surface area contributed by atoms with Gasteiger partial charge in [0.25, 0.3) is 0 Å². The van der Waals surface area contributed by atoms with Crippen LogP contribution in [0.25, 0.3) is 0 Å². The largest absolute Gasteiger partial charge is 0.461 e. The van der Waals surface area contributed by atoms with Crippen molar-refractivity contribution in [3.8, 4) is 6.01 Å². The molecule has 0 bridgehead atoms. The molecular weight excluding hydrogens is 184 g/mol. The first kappa shape index (κ1) is 10.2. The molecule has 14 heavy (non-hydrogen) atoms. The van der Waals surface area contributed by atoms with Gasteiger partial charge in [-0.1, -0.05) is 5.16 Å². The van der Waals surface area contributed by atoms with E-state index in [9.17, 15) is 0 Å². The SMILES string of the molecule is CC(C)Oc1nccc(/C(N)=N/O)n1. The Hall–Kier alpha value is -1.85. The highest BCUT2D eigenvalue weighted by Crippen LogP contribution is 2.04. The number of ether oxygens (including phenoxy) is 1. The summed E-state index contributed by atoms with van der Waals surface area (Å²) in [6.07, 6.45) is 1.47. The summed E-state index contributed by atoms with van der Waals surface area (Å²) in [5.41, 5.74) is 5.68. The molecule has 0 radical (unpaired) electrons. The van der Waals surface area contributed by atoms with Crippen LogP contribution in [0.15, 0.2) is 17.4 Å². The van der Waals surface area contributed by atoms with Gasteiger partial charge in [-0.25, -0.2) is 4.98 Å². The Morgan fingerprint density at radius 1 is 1.64 bits per heavy atom. The monoisotopic (exact) mass is 196 g/mol. The molecular formula is C8H12N4O2. The smallest absolute Gasteiger partial charge is 0.317 e. The second-order valence-corrected chi connectivity index (χ2v) is 2.88. The van der Waals surface area contributed by atoms with E-state index in [1.54, 1.807) is 0 Å². The van der Waals surface area contributed by atoms with E-state index in [0.717, 1.165) is 0 Å². The van der Waals surface area contributed by atoms with Crippen LogP contribution in [0.3, 0.4) is 0 Å². The van der Waals surface area contributed by atoms with Crippen molar-refractivity contribution >= 4 is 5.84 Å². The van der Waals surface area contributed by atoms with Crippen molar-refractivity contribution < 1.29 is 9.94 Å². The van der Waals surface area contributed by atoms with E-state index in [-0.39, 0.29) is 18.0 Å². The highest BCUT2D eigenvalue weighted by molar-refractivity contribution is 5.95.